The van der Waals surface area contributed by atoms with Gasteiger partial charge in [-0.05, 0) is 146 Å². The first kappa shape index (κ1) is 69.2. The third-order valence-corrected chi connectivity index (χ3v) is 13.1. The number of benzene rings is 3. The van der Waals surface area contributed by atoms with E-state index in [9.17, 15) is 0 Å². The van der Waals surface area contributed by atoms with Gasteiger partial charge in [0.25, 0.3) is 0 Å². The van der Waals surface area contributed by atoms with Gasteiger partial charge >= 0.3 is 11.6 Å². The second-order valence-corrected chi connectivity index (χ2v) is 20.1. The Kier molecular flexibility index (Phi) is 39.4. The minimum atomic E-state index is 0. The first-order valence-electron chi connectivity index (χ1n) is 26.2. The van der Waals surface area contributed by atoms with Crippen molar-refractivity contribution < 1.29 is 43.1 Å². The van der Waals surface area contributed by atoms with Gasteiger partial charge in [-0.2, -0.15) is 0 Å². The quantitative estimate of drug-likeness (QED) is 0.0202. The van der Waals surface area contributed by atoms with Crippen LogP contribution in [-0.2, 0) is 13.1 Å². The molecule has 0 radical (unpaired) electrons. The molecule has 0 bridgehead atoms. The summed E-state index contributed by atoms with van der Waals surface area (Å²) >= 11 is 6.90. The largest absolute Gasteiger partial charge is 1.00 e. The third-order valence-electron chi connectivity index (χ3n) is 12.0. The van der Waals surface area contributed by atoms with Crippen LogP contribution in [0.2, 0.25) is 0 Å². The number of hydrogen-bond acceptors (Lipinski definition) is 10. The highest BCUT2D eigenvalue weighted by Gasteiger charge is 2.11. The van der Waals surface area contributed by atoms with E-state index >= 15 is 0 Å². The van der Waals surface area contributed by atoms with Crippen molar-refractivity contribution in [3.05, 3.63) is 146 Å². The predicted octanol–water partition coefficient (Wildman–Crippen LogP) is 12.1. The van der Waals surface area contributed by atoms with Gasteiger partial charge in [0.15, 0.2) is 5.82 Å². The molecule has 16 heteroatoms. The fourth-order valence-corrected chi connectivity index (χ4v) is 8.35. The second-order valence-electron chi connectivity index (χ2n) is 18.6. The van der Waals surface area contributed by atoms with Gasteiger partial charge < -0.3 is 48.7 Å². The molecular formula is C60H86Br4N12. The Hall–Kier alpha value is -4.77. The minimum Gasteiger partial charge on any atom is -1.00 e. The maximum Gasteiger partial charge on any atom is 0.350 e. The van der Waals surface area contributed by atoms with Crippen molar-refractivity contribution in [3.63, 3.8) is 0 Å². The number of pyridine rings is 3. The van der Waals surface area contributed by atoms with E-state index in [4.69, 9.17) is 0 Å². The van der Waals surface area contributed by atoms with E-state index in [1.165, 1.54) is 101 Å². The molecule has 414 valence electrons. The Balaban J connectivity index is 0.000000739. The molecule has 76 heavy (non-hydrogen) atoms. The van der Waals surface area contributed by atoms with E-state index in [1.807, 2.05) is 138 Å². The molecule has 6 aromatic rings. The van der Waals surface area contributed by atoms with E-state index < -0.39 is 0 Å². The summed E-state index contributed by atoms with van der Waals surface area (Å²) in [7, 11) is 12.2. The van der Waals surface area contributed by atoms with Gasteiger partial charge in [0.05, 0.1) is 41.4 Å². The highest BCUT2D eigenvalue weighted by molar-refractivity contribution is 9.09. The monoisotopic (exact) mass is 1290 g/mol. The van der Waals surface area contributed by atoms with E-state index in [-0.39, 0.29) is 41.4 Å². The number of aryl methyl sites for hydroxylation is 2. The van der Waals surface area contributed by atoms with Crippen molar-refractivity contribution in [2.75, 3.05) is 67.6 Å². The zero-order chi connectivity index (χ0) is 52.1. The summed E-state index contributed by atoms with van der Waals surface area (Å²) in [4.78, 5) is 10.3. The molecule has 0 N–H and O–H groups in total. The molecule has 0 aliphatic rings. The molecule has 6 rings (SSSR count). The van der Waals surface area contributed by atoms with Crippen LogP contribution in [0.25, 0.3) is 0 Å². The van der Waals surface area contributed by atoms with Crippen molar-refractivity contribution in [2.24, 2.45) is 30.7 Å². The molecule has 0 aliphatic heterocycles. The van der Waals surface area contributed by atoms with Gasteiger partial charge in [0, 0.05) is 88.3 Å². The van der Waals surface area contributed by atoms with Crippen molar-refractivity contribution in [1.82, 2.24) is 4.98 Å². The fourth-order valence-electron chi connectivity index (χ4n) is 7.56. The van der Waals surface area contributed by atoms with Gasteiger partial charge in [-0.1, -0.05) is 122 Å². The van der Waals surface area contributed by atoms with Crippen LogP contribution in [0.15, 0.2) is 177 Å². The van der Waals surface area contributed by atoms with Gasteiger partial charge in [-0.3, -0.25) is 0 Å². The summed E-state index contributed by atoms with van der Waals surface area (Å²) in [5.74, 6) is 2.40. The van der Waals surface area contributed by atoms with Crippen LogP contribution in [0.4, 0.5) is 51.6 Å². The minimum absolute atomic E-state index is 0. The van der Waals surface area contributed by atoms with Crippen LogP contribution in [0.3, 0.4) is 0 Å². The molecule has 0 atom stereocenters. The molecule has 0 amide bonds. The maximum absolute atomic E-state index is 4.53. The Bertz CT molecular complexity index is 2310. The number of hydrogen-bond donors (Lipinski definition) is 0. The Labute approximate surface area is 495 Å². The Morgan fingerprint density at radius 2 is 0.684 bits per heavy atom. The topological polar surface area (TPSA) is 105 Å². The number of azo groups is 3. The lowest BCUT2D eigenvalue weighted by atomic mass is 10.1. The molecule has 0 spiro atoms. The number of nitrogens with zero attached hydrogens (tertiary/aromatic N) is 12. The average molecular weight is 1300 g/mol. The number of rotatable bonds is 29. The van der Waals surface area contributed by atoms with E-state index in [0.29, 0.717) is 5.82 Å². The normalized spacial score (nSPS) is 10.7. The van der Waals surface area contributed by atoms with Crippen LogP contribution < -0.4 is 57.8 Å². The predicted molar refractivity (Wildman–Crippen MR) is 321 cm³/mol. The average Bonchev–Trinajstić information content (AvgIpc) is 3.42. The zero-order valence-corrected chi connectivity index (χ0v) is 51.7. The van der Waals surface area contributed by atoms with Crippen LogP contribution in [0, 0.1) is 0 Å². The molecule has 0 aliphatic carbocycles. The summed E-state index contributed by atoms with van der Waals surface area (Å²) in [5, 5.41) is 28.5. The summed E-state index contributed by atoms with van der Waals surface area (Å²) in [6, 6.07) is 41.9. The number of anilines is 3. The van der Waals surface area contributed by atoms with Gasteiger partial charge in [0.2, 0.25) is 0 Å². The van der Waals surface area contributed by atoms with Gasteiger partial charge in [-0.15, -0.1) is 10.2 Å². The number of unbranched alkanes of at least 4 members (excludes halogenated alkanes) is 14. The summed E-state index contributed by atoms with van der Waals surface area (Å²) < 4.78 is 4.40. The number of alkyl halides is 2. The SMILES string of the molecule is BrCCCCCCCCCCBr.C.CN(C)c1ccc(N=Nc2cccc[n+]2CCCCCCCCCC[n+]2ccccc2N=Nc2ccc(N(C)C)cc2)cc1.CN(C)c1ccc(N=Nc2ccccn2)cc1.[Br-].[Br-]. The Morgan fingerprint density at radius 1 is 0.368 bits per heavy atom. The number of halogens is 4. The lowest BCUT2D eigenvalue weighted by Crippen LogP contribution is -3.00. The molecule has 3 aromatic heterocycles. The van der Waals surface area contributed by atoms with Crippen molar-refractivity contribution in [1.29, 1.82) is 0 Å². The molecule has 0 unspecified atom stereocenters. The highest BCUT2D eigenvalue weighted by atomic mass is 79.9. The third kappa shape index (κ3) is 29.7. The lowest BCUT2D eigenvalue weighted by molar-refractivity contribution is -0.685. The molecule has 3 aromatic carbocycles. The van der Waals surface area contributed by atoms with Gasteiger partial charge in [0.1, 0.15) is 11.4 Å². The second kappa shape index (κ2) is 43.2. The Morgan fingerprint density at radius 3 is 1.00 bits per heavy atom. The van der Waals surface area contributed by atoms with Crippen LogP contribution in [-0.4, -0.2) is 57.9 Å². The van der Waals surface area contributed by atoms with Crippen LogP contribution >= 0.6 is 31.9 Å². The molecule has 12 nitrogen and oxygen atoms in total. The van der Waals surface area contributed by atoms with Crippen LogP contribution in [0.5, 0.6) is 0 Å². The first-order valence-corrected chi connectivity index (χ1v) is 28.5. The molecule has 3 heterocycles. The zero-order valence-electron chi connectivity index (χ0n) is 45.4. The number of aromatic nitrogens is 3. The van der Waals surface area contributed by atoms with E-state index in [0.717, 1.165) is 71.7 Å². The molecule has 0 fully saturated rings. The molecule has 0 saturated carbocycles. The maximum atomic E-state index is 4.53. The summed E-state index contributed by atoms with van der Waals surface area (Å²) in [6.45, 7) is 1.92. The molecular weight excluding hydrogens is 1210 g/mol. The molecule has 0 saturated heterocycles. The lowest BCUT2D eigenvalue weighted by Gasteiger charge is -2.11. The van der Waals surface area contributed by atoms with Crippen molar-refractivity contribution in [2.45, 2.75) is 123 Å². The van der Waals surface area contributed by atoms with Crippen LogP contribution in [0.1, 0.15) is 110 Å². The first-order chi connectivity index (χ1) is 35.7. The fraction of sp³-hybridized carbons (Fsp3) is 0.450. The summed E-state index contributed by atoms with van der Waals surface area (Å²) in [6.07, 6.45) is 27.0. The highest BCUT2D eigenvalue weighted by Crippen LogP contribution is 2.23. The smallest absolute Gasteiger partial charge is 0.350 e. The van der Waals surface area contributed by atoms with Crippen molar-refractivity contribution >= 4 is 83.4 Å². The standard InChI is InChI=1S/C36H48N8.C13H14N4.C10H20Br2.CH4.2BrH/c1-41(2)33-23-19-31(20-24-33)37-39-35-17-11-15-29-43(35)27-13-9-7-5-6-8-10-14-28-44-30-16-12-18-36(44)40-38-32-21-25-34(26-22-32)42(3)4;1-17(2)12-8-6-11(7-9-12)15-16-13-5-3-4-10-14-13;11-9-7-5-3-1-2-4-6-8-10-12;;;/h11-12,15-26,29-30H,5-10,13-14,27-28H2,1-4H3;3-10H,1-2H3;1-10H2;1H4;2*1H/q+2;;;;;/p-2. The van der Waals surface area contributed by atoms with E-state index in [1.54, 1.807) is 6.20 Å². The van der Waals surface area contributed by atoms with Crippen molar-refractivity contribution in [3.8, 4) is 0 Å². The van der Waals surface area contributed by atoms with Gasteiger partial charge in [-0.25, -0.2) is 14.1 Å². The van der Waals surface area contributed by atoms with E-state index in [2.05, 4.69) is 135 Å². The summed E-state index contributed by atoms with van der Waals surface area (Å²) in [5.41, 5.74) is 5.99.